The normalized spacial score (nSPS) is 18.9. The molecule has 2 fully saturated rings. The molecular formula is C32H57BOSn. The first-order valence-electron chi connectivity index (χ1n) is 15.3. The van der Waals surface area contributed by atoms with Gasteiger partial charge in [0.05, 0.1) is 0 Å². The fraction of sp³-hybridized carbons (Fsp3) is 0.781. The van der Waals surface area contributed by atoms with Crippen LogP contribution in [0.1, 0.15) is 117 Å². The van der Waals surface area contributed by atoms with Gasteiger partial charge < -0.3 is 0 Å². The Kier molecular flexibility index (Phi) is 15.4. The average Bonchev–Trinajstić information content (AvgIpc) is 2.86. The molecule has 0 radical (unpaired) electrons. The van der Waals surface area contributed by atoms with E-state index in [1.165, 1.54) is 103 Å². The predicted molar refractivity (Wildman–Crippen MR) is 161 cm³/mol. The van der Waals surface area contributed by atoms with Crippen LogP contribution in [0.5, 0.6) is 0 Å². The van der Waals surface area contributed by atoms with Crippen molar-refractivity contribution >= 4 is 25.1 Å². The van der Waals surface area contributed by atoms with E-state index < -0.39 is 18.4 Å². The summed E-state index contributed by atoms with van der Waals surface area (Å²) in [6.45, 7) is 6.09. The Labute approximate surface area is 224 Å². The van der Waals surface area contributed by atoms with Gasteiger partial charge in [0.15, 0.2) is 0 Å². The van der Waals surface area contributed by atoms with Gasteiger partial charge in [0.2, 0.25) is 0 Å². The first-order valence-corrected chi connectivity index (χ1v) is 25.3. The Bertz CT molecular complexity index is 682. The van der Waals surface area contributed by atoms with E-state index in [2.05, 4.69) is 52.6 Å². The van der Waals surface area contributed by atoms with Crippen LogP contribution in [0, 0.1) is 0 Å². The molecule has 35 heavy (non-hydrogen) atoms. The molecule has 0 N–H and O–H groups in total. The number of rotatable bonds is 14. The van der Waals surface area contributed by atoms with Crippen LogP contribution in [0.25, 0.3) is 0 Å². The zero-order valence-electron chi connectivity index (χ0n) is 24.4. The molecule has 2 saturated carbocycles. The maximum atomic E-state index is 5.49. The molecule has 0 amide bonds. The second kappa shape index (κ2) is 17.4. The Morgan fingerprint density at radius 3 is 1.80 bits per heavy atom. The van der Waals surface area contributed by atoms with E-state index in [9.17, 15) is 0 Å². The van der Waals surface area contributed by atoms with Gasteiger partial charge in [0.25, 0.3) is 0 Å². The van der Waals surface area contributed by atoms with E-state index in [0.717, 1.165) is 25.0 Å². The van der Waals surface area contributed by atoms with Crippen molar-refractivity contribution < 1.29 is 4.74 Å². The molecule has 0 aromatic rings. The van der Waals surface area contributed by atoms with Crippen LogP contribution in [0.3, 0.4) is 0 Å². The van der Waals surface area contributed by atoms with Gasteiger partial charge in [-0.3, -0.25) is 0 Å². The van der Waals surface area contributed by atoms with Crippen molar-refractivity contribution in [2.75, 3.05) is 13.7 Å². The molecule has 0 spiro atoms. The fourth-order valence-electron chi connectivity index (χ4n) is 6.49. The molecule has 0 atom stereocenters. The third kappa shape index (κ3) is 11.0. The van der Waals surface area contributed by atoms with Gasteiger partial charge in [-0.1, -0.05) is 0 Å². The molecule has 2 aliphatic carbocycles. The molecule has 0 heterocycles. The van der Waals surface area contributed by atoms with E-state index in [4.69, 9.17) is 4.74 Å². The van der Waals surface area contributed by atoms with E-state index in [1.807, 2.05) is 7.11 Å². The number of ether oxygens (including phenoxy) is 1. The van der Waals surface area contributed by atoms with Crippen molar-refractivity contribution in [1.82, 2.24) is 0 Å². The first-order chi connectivity index (χ1) is 16.9. The quantitative estimate of drug-likeness (QED) is 0.112. The van der Waals surface area contributed by atoms with E-state index in [1.54, 1.807) is 14.6 Å². The summed E-state index contributed by atoms with van der Waals surface area (Å²) < 4.78 is 7.23. The number of unbranched alkanes of at least 4 members (excludes halogenated alkanes) is 2. The van der Waals surface area contributed by atoms with Crippen molar-refractivity contribution in [3.63, 3.8) is 0 Å². The molecule has 0 aliphatic heterocycles. The van der Waals surface area contributed by atoms with Crippen molar-refractivity contribution in [2.24, 2.45) is 0 Å². The SMILES string of the molecule is CCCCC(=C=C/[C](=C(\C=C\COC)B(C1CCCCC1)C1CCCCC1)[Sn]([CH3])([CH3])[CH3])CCCC. The molecule has 3 heteroatoms. The summed E-state index contributed by atoms with van der Waals surface area (Å²) in [5.74, 6) is 1.74. The minimum atomic E-state index is -2.43. The van der Waals surface area contributed by atoms with Crippen LogP contribution in [-0.2, 0) is 4.74 Å². The van der Waals surface area contributed by atoms with Crippen LogP contribution in [0.4, 0.5) is 0 Å². The number of allylic oxidation sites excluding steroid dienone is 4. The van der Waals surface area contributed by atoms with Gasteiger partial charge in [0.1, 0.15) is 0 Å². The summed E-state index contributed by atoms with van der Waals surface area (Å²) in [5, 5.41) is 0. The second-order valence-electron chi connectivity index (χ2n) is 12.4. The van der Waals surface area contributed by atoms with E-state index in [-0.39, 0.29) is 0 Å². The Hall–Kier alpha value is -0.176. The topological polar surface area (TPSA) is 9.23 Å². The number of hydrogen-bond acceptors (Lipinski definition) is 1. The second-order valence-corrected chi connectivity index (χ2v) is 26.8. The average molecular weight is 587 g/mol. The Balaban J connectivity index is 2.65. The molecule has 2 rings (SSSR count). The third-order valence-electron chi connectivity index (χ3n) is 8.44. The number of hydrogen-bond donors (Lipinski definition) is 0. The molecule has 0 bridgehead atoms. The van der Waals surface area contributed by atoms with Crippen molar-refractivity contribution in [2.45, 2.75) is 143 Å². The third-order valence-corrected chi connectivity index (χ3v) is 14.3. The Morgan fingerprint density at radius 2 is 1.37 bits per heavy atom. The van der Waals surface area contributed by atoms with Gasteiger partial charge >= 0.3 is 225 Å². The summed E-state index contributed by atoms with van der Waals surface area (Å²) in [4.78, 5) is 7.88. The summed E-state index contributed by atoms with van der Waals surface area (Å²) in [6.07, 6.45) is 29.4. The predicted octanol–water partition coefficient (Wildman–Crippen LogP) is 10.5. The molecule has 1 nitrogen and oxygen atoms in total. The summed E-state index contributed by atoms with van der Waals surface area (Å²) in [5.41, 5.74) is 7.22. The molecular weight excluding hydrogens is 530 g/mol. The van der Waals surface area contributed by atoms with Crippen molar-refractivity contribution in [3.05, 3.63) is 38.6 Å². The summed E-state index contributed by atoms with van der Waals surface area (Å²) in [7, 11) is 1.83. The zero-order chi connectivity index (χ0) is 25.5. The van der Waals surface area contributed by atoms with E-state index in [0.29, 0.717) is 0 Å². The van der Waals surface area contributed by atoms with Gasteiger partial charge in [-0.25, -0.2) is 0 Å². The van der Waals surface area contributed by atoms with Crippen LogP contribution < -0.4 is 0 Å². The van der Waals surface area contributed by atoms with Crippen LogP contribution in [0.2, 0.25) is 26.5 Å². The minimum absolute atomic E-state index is 0.719. The monoisotopic (exact) mass is 588 g/mol. The molecule has 0 saturated heterocycles. The molecule has 2 aliphatic rings. The molecule has 0 aromatic heterocycles. The van der Waals surface area contributed by atoms with Crippen molar-refractivity contribution in [1.29, 1.82) is 0 Å². The van der Waals surface area contributed by atoms with Crippen LogP contribution >= 0.6 is 0 Å². The summed E-state index contributed by atoms with van der Waals surface area (Å²) >= 11 is -2.43. The summed E-state index contributed by atoms with van der Waals surface area (Å²) in [6, 6.07) is 0. The fourth-order valence-corrected chi connectivity index (χ4v) is 11.1. The molecule has 0 unspecified atom stereocenters. The molecule has 198 valence electrons. The van der Waals surface area contributed by atoms with Crippen LogP contribution in [-0.4, -0.2) is 38.8 Å². The van der Waals surface area contributed by atoms with Gasteiger partial charge in [-0.2, -0.15) is 0 Å². The van der Waals surface area contributed by atoms with Crippen molar-refractivity contribution in [3.8, 4) is 0 Å². The van der Waals surface area contributed by atoms with Crippen LogP contribution in [0.15, 0.2) is 38.6 Å². The van der Waals surface area contributed by atoms with Gasteiger partial charge in [-0.15, -0.1) is 0 Å². The standard InChI is InChI=1S/C29H48BO.3CH3.Sn/c1-4-6-16-26(17-7-5-2)18-14-23-29(24-15-25-31-3)30(27-19-10-8-11-20-27)28-21-12-9-13-22-28;;;;/h14-15,24,27-28H,4-13,16-17,19-22,25H2,1-3H3;3*1H3;/b24-15+,29-23?;;;;. The Morgan fingerprint density at radius 1 is 0.857 bits per heavy atom. The van der Waals surface area contributed by atoms with E-state index >= 15 is 0 Å². The number of methoxy groups -OCH3 is 1. The first kappa shape index (κ1) is 31.0. The zero-order valence-corrected chi connectivity index (χ0v) is 27.2. The van der Waals surface area contributed by atoms with Gasteiger partial charge in [0, 0.05) is 0 Å². The maximum absolute atomic E-state index is 5.49. The van der Waals surface area contributed by atoms with Gasteiger partial charge in [-0.05, 0) is 0 Å². The molecule has 0 aromatic carbocycles.